The minimum atomic E-state index is -1.39. The first-order valence-electron chi connectivity index (χ1n) is 9.89. The monoisotopic (exact) mass is 470 g/mol. The number of aromatic hydroxyl groups is 1. The van der Waals surface area contributed by atoms with Crippen molar-refractivity contribution in [3.05, 3.63) is 29.8 Å². The molecule has 178 valence electrons. The lowest BCUT2D eigenvalue weighted by molar-refractivity contribution is -0.143. The third kappa shape index (κ3) is 8.36. The molecule has 0 saturated carbocycles. The SMILES string of the molecule is CC(C)C(NC(=O)C(Cc1ccc(O)cc1)NC(=O)C(CO)NC(=O)C(N)CS)C(=O)O. The second kappa shape index (κ2) is 12.9. The Labute approximate surface area is 191 Å². The number of benzene rings is 1. The highest BCUT2D eigenvalue weighted by atomic mass is 32.1. The molecule has 4 unspecified atom stereocenters. The van der Waals surface area contributed by atoms with Crippen LogP contribution < -0.4 is 21.7 Å². The number of carboxylic acids is 1. The molecule has 0 radical (unpaired) electrons. The molecule has 4 atom stereocenters. The number of hydrogen-bond donors (Lipinski definition) is 8. The molecule has 12 heteroatoms. The fourth-order valence-corrected chi connectivity index (χ4v) is 2.84. The fraction of sp³-hybridized carbons (Fsp3) is 0.500. The smallest absolute Gasteiger partial charge is 0.326 e. The number of carboxylic acid groups (broad SMARTS) is 1. The average molecular weight is 471 g/mol. The summed E-state index contributed by atoms with van der Waals surface area (Å²) in [6.07, 6.45) is -0.0372. The van der Waals surface area contributed by atoms with Gasteiger partial charge in [-0.3, -0.25) is 14.4 Å². The fourth-order valence-electron chi connectivity index (χ4n) is 2.67. The van der Waals surface area contributed by atoms with Crippen LogP contribution in [-0.4, -0.2) is 75.5 Å². The van der Waals surface area contributed by atoms with Crippen molar-refractivity contribution in [1.82, 2.24) is 16.0 Å². The lowest BCUT2D eigenvalue weighted by atomic mass is 10.0. The molecule has 0 bridgehead atoms. The second-order valence-electron chi connectivity index (χ2n) is 7.53. The molecule has 0 heterocycles. The number of phenols is 1. The van der Waals surface area contributed by atoms with Gasteiger partial charge in [0.2, 0.25) is 17.7 Å². The van der Waals surface area contributed by atoms with Crippen LogP contribution >= 0.6 is 12.6 Å². The van der Waals surface area contributed by atoms with E-state index in [0.717, 1.165) is 0 Å². The lowest BCUT2D eigenvalue weighted by Gasteiger charge is -2.25. The van der Waals surface area contributed by atoms with Gasteiger partial charge in [0, 0.05) is 12.2 Å². The maximum Gasteiger partial charge on any atom is 0.326 e. The molecule has 0 aliphatic heterocycles. The van der Waals surface area contributed by atoms with Gasteiger partial charge in [0.25, 0.3) is 0 Å². The van der Waals surface area contributed by atoms with Crippen molar-refractivity contribution in [3.8, 4) is 5.75 Å². The normalized spacial score (nSPS) is 14.7. The second-order valence-corrected chi connectivity index (χ2v) is 7.90. The standard InChI is InChI=1S/C20H30N4O7S/c1-10(2)16(20(30)31)24-18(28)14(7-11-3-5-12(26)6-4-11)22-19(29)15(8-25)23-17(27)13(21)9-32/h3-6,10,13-16,25-26,32H,7-9,21H2,1-2H3,(H,22,29)(H,23,27)(H,24,28)(H,30,31). The summed E-state index contributed by atoms with van der Waals surface area (Å²) in [6.45, 7) is 2.48. The Morgan fingerprint density at radius 1 is 0.969 bits per heavy atom. The van der Waals surface area contributed by atoms with E-state index >= 15 is 0 Å². The Bertz CT molecular complexity index is 804. The van der Waals surface area contributed by atoms with Gasteiger partial charge in [-0.25, -0.2) is 4.79 Å². The molecule has 1 aromatic rings. The van der Waals surface area contributed by atoms with E-state index in [1.54, 1.807) is 13.8 Å². The number of rotatable bonds is 12. The van der Waals surface area contributed by atoms with Gasteiger partial charge in [-0.2, -0.15) is 12.6 Å². The van der Waals surface area contributed by atoms with Gasteiger partial charge in [-0.05, 0) is 23.6 Å². The zero-order chi connectivity index (χ0) is 24.4. The number of aliphatic hydroxyl groups is 1. The topological polar surface area (TPSA) is 191 Å². The van der Waals surface area contributed by atoms with Crippen LogP contribution in [0.2, 0.25) is 0 Å². The summed E-state index contributed by atoms with van der Waals surface area (Å²) >= 11 is 3.90. The van der Waals surface area contributed by atoms with Crippen LogP contribution in [-0.2, 0) is 25.6 Å². The number of thiol groups is 1. The first kappa shape index (κ1) is 27.2. The van der Waals surface area contributed by atoms with E-state index < -0.39 is 60.4 Å². The minimum absolute atomic E-state index is 0.00752. The van der Waals surface area contributed by atoms with Gasteiger partial charge in [0.05, 0.1) is 12.6 Å². The van der Waals surface area contributed by atoms with Crippen molar-refractivity contribution >= 4 is 36.3 Å². The van der Waals surface area contributed by atoms with Crippen LogP contribution in [0.15, 0.2) is 24.3 Å². The van der Waals surface area contributed by atoms with Crippen molar-refractivity contribution < 1.29 is 34.5 Å². The highest BCUT2D eigenvalue weighted by Crippen LogP contribution is 2.12. The van der Waals surface area contributed by atoms with Gasteiger partial charge in [0.1, 0.15) is 23.9 Å². The molecule has 0 saturated heterocycles. The van der Waals surface area contributed by atoms with E-state index in [1.807, 2.05) is 0 Å². The summed E-state index contributed by atoms with van der Waals surface area (Å²) < 4.78 is 0. The van der Waals surface area contributed by atoms with Crippen LogP contribution in [0.4, 0.5) is 0 Å². The number of nitrogens with one attached hydrogen (secondary N) is 3. The van der Waals surface area contributed by atoms with E-state index in [-0.39, 0.29) is 17.9 Å². The number of carbonyl (C=O) groups excluding carboxylic acids is 3. The van der Waals surface area contributed by atoms with Crippen LogP contribution in [0.5, 0.6) is 5.75 Å². The van der Waals surface area contributed by atoms with Crippen molar-refractivity contribution in [3.63, 3.8) is 0 Å². The van der Waals surface area contributed by atoms with Crippen LogP contribution in [0, 0.1) is 5.92 Å². The first-order chi connectivity index (χ1) is 15.0. The Hall–Kier alpha value is -2.83. The maximum atomic E-state index is 12.8. The summed E-state index contributed by atoms with van der Waals surface area (Å²) in [5, 5.41) is 35.4. The molecule has 32 heavy (non-hydrogen) atoms. The third-order valence-electron chi connectivity index (χ3n) is 4.59. The van der Waals surface area contributed by atoms with E-state index in [2.05, 4.69) is 28.6 Å². The number of nitrogens with two attached hydrogens (primary N) is 1. The van der Waals surface area contributed by atoms with Crippen LogP contribution in [0.3, 0.4) is 0 Å². The molecule has 1 aromatic carbocycles. The molecular formula is C20H30N4O7S. The zero-order valence-corrected chi connectivity index (χ0v) is 18.7. The van der Waals surface area contributed by atoms with Crippen LogP contribution in [0.25, 0.3) is 0 Å². The molecule has 1 rings (SSSR count). The number of aliphatic carboxylic acids is 1. The molecule has 0 spiro atoms. The van der Waals surface area contributed by atoms with E-state index in [1.165, 1.54) is 24.3 Å². The highest BCUT2D eigenvalue weighted by molar-refractivity contribution is 7.80. The predicted octanol–water partition coefficient (Wildman–Crippen LogP) is -1.62. The molecule has 11 nitrogen and oxygen atoms in total. The van der Waals surface area contributed by atoms with E-state index in [9.17, 15) is 34.5 Å². The van der Waals surface area contributed by atoms with Crippen LogP contribution in [0.1, 0.15) is 19.4 Å². The molecule has 0 aromatic heterocycles. The minimum Gasteiger partial charge on any atom is -0.508 e. The quantitative estimate of drug-likeness (QED) is 0.167. The Morgan fingerprint density at radius 2 is 1.50 bits per heavy atom. The van der Waals surface area contributed by atoms with Crippen molar-refractivity contribution in [1.29, 1.82) is 0 Å². The van der Waals surface area contributed by atoms with Gasteiger partial charge in [0.15, 0.2) is 0 Å². The average Bonchev–Trinajstić information content (AvgIpc) is 2.75. The van der Waals surface area contributed by atoms with Gasteiger partial charge in [-0.15, -0.1) is 0 Å². The third-order valence-corrected chi connectivity index (χ3v) is 4.98. The number of phenolic OH excluding ortho intramolecular Hbond substituents is 1. The lowest BCUT2D eigenvalue weighted by Crippen LogP contribution is -2.59. The molecule has 0 fully saturated rings. The van der Waals surface area contributed by atoms with Gasteiger partial charge >= 0.3 is 5.97 Å². The summed E-state index contributed by atoms with van der Waals surface area (Å²) in [7, 11) is 0. The molecule has 0 aliphatic carbocycles. The Morgan fingerprint density at radius 3 is 1.97 bits per heavy atom. The van der Waals surface area contributed by atoms with Gasteiger partial charge in [-0.1, -0.05) is 26.0 Å². The molecule has 8 N–H and O–H groups in total. The van der Waals surface area contributed by atoms with Gasteiger partial charge < -0.3 is 37.0 Å². The first-order valence-corrected chi connectivity index (χ1v) is 10.5. The Kier molecular flexibility index (Phi) is 11.0. The van der Waals surface area contributed by atoms with E-state index in [4.69, 9.17) is 5.73 Å². The van der Waals surface area contributed by atoms with E-state index in [0.29, 0.717) is 5.56 Å². The largest absolute Gasteiger partial charge is 0.508 e. The summed E-state index contributed by atoms with van der Waals surface area (Å²) in [5.41, 5.74) is 6.12. The van der Waals surface area contributed by atoms with Crippen molar-refractivity contribution in [2.24, 2.45) is 11.7 Å². The van der Waals surface area contributed by atoms with Crippen molar-refractivity contribution in [2.45, 2.75) is 44.4 Å². The number of amides is 3. The molecule has 0 aliphatic rings. The predicted molar refractivity (Wildman–Crippen MR) is 119 cm³/mol. The number of carbonyl (C=O) groups is 4. The highest BCUT2D eigenvalue weighted by Gasteiger charge is 2.31. The molecular weight excluding hydrogens is 440 g/mol. The summed E-state index contributed by atoms with van der Waals surface area (Å²) in [5.74, 6) is -3.96. The zero-order valence-electron chi connectivity index (χ0n) is 17.8. The summed E-state index contributed by atoms with van der Waals surface area (Å²) in [4.78, 5) is 48.9. The maximum absolute atomic E-state index is 12.8. The summed E-state index contributed by atoms with van der Waals surface area (Å²) in [6, 6.07) is 1.07. The number of hydrogen-bond acceptors (Lipinski definition) is 8. The Balaban J connectivity index is 3.06. The van der Waals surface area contributed by atoms with Crippen molar-refractivity contribution in [2.75, 3.05) is 12.4 Å². The molecule has 3 amide bonds. The number of aliphatic hydroxyl groups excluding tert-OH is 1.